The average molecular weight is 329 g/mol. The average Bonchev–Trinajstić information content (AvgIpc) is 2.56. The summed E-state index contributed by atoms with van der Waals surface area (Å²) in [6.45, 7) is 0. The number of carbonyl (C=O) groups is 1. The van der Waals surface area contributed by atoms with Crippen LogP contribution in [0.15, 0.2) is 34.9 Å². The van der Waals surface area contributed by atoms with E-state index in [1.165, 1.54) is 0 Å². The minimum Gasteiger partial charge on any atom is -0.495 e. The Kier molecular flexibility index (Phi) is 4.22. The molecule has 1 aromatic rings. The lowest BCUT2D eigenvalue weighted by Crippen LogP contribution is -2.64. The number of nitrogens with one attached hydrogen (secondary N) is 1. The van der Waals surface area contributed by atoms with Gasteiger partial charge in [-0.3, -0.25) is 4.79 Å². The summed E-state index contributed by atoms with van der Waals surface area (Å²) in [7, 11) is 1.61. The second-order valence-electron chi connectivity index (χ2n) is 5.86. The lowest BCUT2D eigenvalue weighted by Gasteiger charge is -2.50. The summed E-state index contributed by atoms with van der Waals surface area (Å²) >= 11 is 4.54. The first-order chi connectivity index (χ1) is 11.1. The van der Waals surface area contributed by atoms with Crippen molar-refractivity contribution in [2.75, 3.05) is 12.0 Å². The van der Waals surface area contributed by atoms with Crippen molar-refractivity contribution in [2.24, 2.45) is 0 Å². The Hall–Kier alpha value is -2.13. The van der Waals surface area contributed by atoms with E-state index >= 15 is 0 Å². The molecule has 6 heteroatoms. The molecule has 2 aliphatic rings. The molecule has 120 valence electrons. The number of hydrogen-bond acceptors (Lipinski definition) is 5. The van der Waals surface area contributed by atoms with Gasteiger partial charge in [0.1, 0.15) is 23.1 Å². The maximum atomic E-state index is 12.3. The van der Waals surface area contributed by atoms with Gasteiger partial charge < -0.3 is 15.0 Å². The summed E-state index contributed by atoms with van der Waals surface area (Å²) < 4.78 is 5.48. The predicted molar refractivity (Wildman–Crippen MR) is 91.1 cm³/mol. The summed E-state index contributed by atoms with van der Waals surface area (Å²) in [4.78, 5) is 14.3. The van der Waals surface area contributed by atoms with Crippen molar-refractivity contribution >= 4 is 24.2 Å². The van der Waals surface area contributed by atoms with Crippen LogP contribution in [0.25, 0.3) is 0 Å². The van der Waals surface area contributed by atoms with Crippen LogP contribution in [0.3, 0.4) is 0 Å². The van der Waals surface area contributed by atoms with Crippen LogP contribution < -0.4 is 15.0 Å². The van der Waals surface area contributed by atoms with E-state index in [0.29, 0.717) is 10.8 Å². The Morgan fingerprint density at radius 2 is 2.00 bits per heavy atom. The largest absolute Gasteiger partial charge is 0.495 e. The molecule has 1 amide bonds. The molecule has 1 heterocycles. The van der Waals surface area contributed by atoms with Gasteiger partial charge in [-0.25, -0.2) is 0 Å². The van der Waals surface area contributed by atoms with E-state index in [0.717, 1.165) is 37.8 Å². The minimum absolute atomic E-state index is 0.0374. The van der Waals surface area contributed by atoms with Crippen LogP contribution >= 0.6 is 12.6 Å². The third kappa shape index (κ3) is 2.55. The van der Waals surface area contributed by atoms with Crippen LogP contribution in [0.4, 0.5) is 5.69 Å². The first-order valence-corrected chi connectivity index (χ1v) is 8.17. The highest BCUT2D eigenvalue weighted by Gasteiger charge is 2.46. The molecule has 0 saturated heterocycles. The van der Waals surface area contributed by atoms with Gasteiger partial charge in [-0.1, -0.05) is 18.6 Å². The summed E-state index contributed by atoms with van der Waals surface area (Å²) in [6.07, 6.45) is 4.83. The zero-order valence-corrected chi connectivity index (χ0v) is 13.9. The van der Waals surface area contributed by atoms with Crippen molar-refractivity contribution in [1.82, 2.24) is 5.32 Å². The smallest absolute Gasteiger partial charge is 0.266 e. The quantitative estimate of drug-likeness (QED) is 0.819. The Bertz CT molecular complexity index is 702. The molecule has 1 fully saturated rings. The number of rotatable bonds is 2. The SMILES string of the molecule is COc1ccccc1N1C(S)=C(C#N)C(=O)NC12CCCCC2. The van der Waals surface area contributed by atoms with Crippen LogP contribution in [0, 0.1) is 11.3 Å². The van der Waals surface area contributed by atoms with E-state index in [1.807, 2.05) is 35.2 Å². The van der Waals surface area contributed by atoms with Gasteiger partial charge in [-0.2, -0.15) is 5.26 Å². The molecule has 23 heavy (non-hydrogen) atoms. The molecule has 0 bridgehead atoms. The molecule has 1 aliphatic carbocycles. The fourth-order valence-corrected chi connectivity index (χ4v) is 3.94. The van der Waals surface area contributed by atoms with Gasteiger partial charge in [0.2, 0.25) is 0 Å². The Morgan fingerprint density at radius 1 is 1.30 bits per heavy atom. The summed E-state index contributed by atoms with van der Waals surface area (Å²) in [6, 6.07) is 9.58. The first-order valence-electron chi connectivity index (χ1n) is 7.72. The molecule has 1 aliphatic heterocycles. The molecular formula is C17H19N3O2S. The number of anilines is 1. The number of ether oxygens (including phenoxy) is 1. The molecule has 1 N–H and O–H groups in total. The van der Waals surface area contributed by atoms with Crippen molar-refractivity contribution in [3.05, 3.63) is 34.9 Å². The lowest BCUT2D eigenvalue weighted by atomic mass is 9.85. The normalized spacial score (nSPS) is 20.2. The monoisotopic (exact) mass is 329 g/mol. The first kappa shape index (κ1) is 15.8. The van der Waals surface area contributed by atoms with Crippen LogP contribution in [0.1, 0.15) is 32.1 Å². The summed E-state index contributed by atoms with van der Waals surface area (Å²) in [5.41, 5.74) is 0.312. The van der Waals surface area contributed by atoms with Crippen molar-refractivity contribution in [1.29, 1.82) is 5.26 Å². The maximum absolute atomic E-state index is 12.3. The molecule has 1 aromatic carbocycles. The van der Waals surface area contributed by atoms with Crippen molar-refractivity contribution < 1.29 is 9.53 Å². The summed E-state index contributed by atoms with van der Waals surface area (Å²) in [5.74, 6) is 0.350. The highest BCUT2D eigenvalue weighted by Crippen LogP contribution is 2.44. The molecule has 3 rings (SSSR count). The van der Waals surface area contributed by atoms with Crippen LogP contribution in [-0.4, -0.2) is 18.7 Å². The molecular weight excluding hydrogens is 310 g/mol. The number of nitriles is 1. The molecule has 1 saturated carbocycles. The van der Waals surface area contributed by atoms with Gasteiger partial charge in [0, 0.05) is 0 Å². The lowest BCUT2D eigenvalue weighted by molar-refractivity contribution is -0.120. The van der Waals surface area contributed by atoms with Gasteiger partial charge in [0.15, 0.2) is 0 Å². The van der Waals surface area contributed by atoms with E-state index in [2.05, 4.69) is 17.9 Å². The van der Waals surface area contributed by atoms with Crippen LogP contribution in [0.5, 0.6) is 5.75 Å². The van der Waals surface area contributed by atoms with Crippen molar-refractivity contribution in [2.45, 2.75) is 37.8 Å². The highest BCUT2D eigenvalue weighted by atomic mass is 32.1. The molecule has 5 nitrogen and oxygen atoms in total. The van der Waals surface area contributed by atoms with Crippen LogP contribution in [-0.2, 0) is 4.79 Å². The maximum Gasteiger partial charge on any atom is 0.266 e. The standard InChI is InChI=1S/C17H19N3O2S/c1-22-14-8-4-3-7-13(14)20-16(23)12(11-18)15(21)19-17(20)9-5-2-6-10-17/h3-4,7-8,23H,2,5-6,9-10H2,1H3,(H,19,21). The number of amides is 1. The summed E-state index contributed by atoms with van der Waals surface area (Å²) in [5, 5.41) is 12.8. The fraction of sp³-hybridized carbons (Fsp3) is 0.412. The highest BCUT2D eigenvalue weighted by molar-refractivity contribution is 7.84. The molecule has 0 unspecified atom stereocenters. The number of methoxy groups -OCH3 is 1. The van der Waals surface area contributed by atoms with Gasteiger partial charge in [-0.05, 0) is 37.8 Å². The van der Waals surface area contributed by atoms with Crippen molar-refractivity contribution in [3.63, 3.8) is 0 Å². The second-order valence-corrected chi connectivity index (χ2v) is 6.29. The Morgan fingerprint density at radius 3 is 2.65 bits per heavy atom. The number of nitrogens with zero attached hydrogens (tertiary/aromatic N) is 2. The zero-order valence-electron chi connectivity index (χ0n) is 13.0. The number of para-hydroxylation sites is 2. The zero-order chi connectivity index (χ0) is 16.4. The van der Waals surface area contributed by atoms with E-state index in [1.54, 1.807) is 7.11 Å². The minimum atomic E-state index is -0.540. The number of thiol groups is 1. The molecule has 0 radical (unpaired) electrons. The van der Waals surface area contributed by atoms with E-state index < -0.39 is 5.66 Å². The topological polar surface area (TPSA) is 65.4 Å². The molecule has 0 atom stereocenters. The van der Waals surface area contributed by atoms with Crippen molar-refractivity contribution in [3.8, 4) is 11.8 Å². The van der Waals surface area contributed by atoms with Gasteiger partial charge in [0.25, 0.3) is 5.91 Å². The van der Waals surface area contributed by atoms with E-state index in [-0.39, 0.29) is 11.5 Å². The third-order valence-electron chi connectivity index (χ3n) is 4.56. The third-order valence-corrected chi connectivity index (χ3v) is 4.98. The Balaban J connectivity index is 2.20. The van der Waals surface area contributed by atoms with Gasteiger partial charge in [-0.15, -0.1) is 12.6 Å². The number of hydrogen-bond donors (Lipinski definition) is 2. The molecule has 1 spiro atoms. The van der Waals surface area contributed by atoms with Gasteiger partial charge in [0.05, 0.1) is 17.8 Å². The fourth-order valence-electron chi connectivity index (χ4n) is 3.49. The predicted octanol–water partition coefficient (Wildman–Crippen LogP) is 2.96. The Labute approximate surface area is 141 Å². The van der Waals surface area contributed by atoms with E-state index in [9.17, 15) is 10.1 Å². The molecule has 0 aromatic heterocycles. The second kappa shape index (κ2) is 6.17. The van der Waals surface area contributed by atoms with E-state index in [4.69, 9.17) is 4.74 Å². The number of benzene rings is 1. The van der Waals surface area contributed by atoms with Gasteiger partial charge >= 0.3 is 0 Å². The number of carbonyl (C=O) groups excluding carboxylic acids is 1. The van der Waals surface area contributed by atoms with Crippen LogP contribution in [0.2, 0.25) is 0 Å².